The van der Waals surface area contributed by atoms with Gasteiger partial charge in [0.05, 0.1) is 6.26 Å². The molecule has 1 saturated heterocycles. The summed E-state index contributed by atoms with van der Waals surface area (Å²) < 4.78 is 24.1. The zero-order valence-corrected chi connectivity index (χ0v) is 13.4. The van der Waals surface area contributed by atoms with Crippen molar-refractivity contribution in [2.75, 3.05) is 39.0 Å². The molecule has 1 saturated carbocycles. The van der Waals surface area contributed by atoms with Crippen LogP contribution >= 0.6 is 0 Å². The number of piperazine rings is 1. The van der Waals surface area contributed by atoms with Crippen LogP contribution in [0.15, 0.2) is 0 Å². The summed E-state index contributed by atoms with van der Waals surface area (Å²) in [6.07, 6.45) is 2.39. The van der Waals surface area contributed by atoms with Gasteiger partial charge >= 0.3 is 0 Å². The number of rotatable bonds is 5. The fourth-order valence-corrected chi connectivity index (χ4v) is 3.37. The van der Waals surface area contributed by atoms with Gasteiger partial charge in [0.25, 0.3) is 0 Å². The molecule has 0 aromatic carbocycles. The second-order valence-electron chi connectivity index (χ2n) is 5.90. The maximum atomic E-state index is 12.0. The summed E-state index contributed by atoms with van der Waals surface area (Å²) >= 11 is 0. The first-order valence-electron chi connectivity index (χ1n) is 7.29. The molecule has 21 heavy (non-hydrogen) atoms. The topological polar surface area (TPSA) is 86.8 Å². The normalized spacial score (nSPS) is 26.5. The van der Waals surface area contributed by atoms with Crippen molar-refractivity contribution >= 4 is 21.8 Å². The Bertz CT molecular complexity index is 512. The lowest BCUT2D eigenvalue weighted by atomic mass is 10.3. The van der Waals surface area contributed by atoms with Crippen molar-refractivity contribution in [1.29, 1.82) is 0 Å². The molecule has 1 N–H and O–H groups in total. The summed E-state index contributed by atoms with van der Waals surface area (Å²) in [5.41, 5.74) is 0. The second-order valence-corrected chi connectivity index (χ2v) is 7.89. The van der Waals surface area contributed by atoms with Gasteiger partial charge in [0, 0.05) is 45.1 Å². The van der Waals surface area contributed by atoms with Gasteiger partial charge in [0.1, 0.15) is 0 Å². The predicted octanol–water partition coefficient (Wildman–Crippen LogP) is -0.747. The molecular weight excluding hydrogens is 294 g/mol. The van der Waals surface area contributed by atoms with Gasteiger partial charge in [-0.25, -0.2) is 8.42 Å². The van der Waals surface area contributed by atoms with Crippen molar-refractivity contribution < 1.29 is 18.0 Å². The number of carbonyl (C=O) groups excluding carboxylic acids is 2. The molecular formula is C13H23N3O4S. The lowest BCUT2D eigenvalue weighted by molar-refractivity contribution is -0.132. The van der Waals surface area contributed by atoms with Gasteiger partial charge in [0.15, 0.2) is 0 Å². The SMILES string of the molecule is C[C@H]1C[C@H]1C(=O)NCCC(=O)N1CCN(S(C)(=O)=O)CC1. The van der Waals surface area contributed by atoms with Crippen molar-refractivity contribution in [2.24, 2.45) is 11.8 Å². The van der Waals surface area contributed by atoms with Crippen LogP contribution in [-0.2, 0) is 19.6 Å². The molecule has 2 aliphatic rings. The molecule has 2 fully saturated rings. The lowest BCUT2D eigenvalue weighted by Crippen LogP contribution is -2.50. The van der Waals surface area contributed by atoms with E-state index in [1.165, 1.54) is 10.6 Å². The number of amides is 2. The monoisotopic (exact) mass is 317 g/mol. The van der Waals surface area contributed by atoms with E-state index in [-0.39, 0.29) is 24.2 Å². The Morgan fingerprint density at radius 1 is 1.19 bits per heavy atom. The van der Waals surface area contributed by atoms with Crippen molar-refractivity contribution in [3.8, 4) is 0 Å². The Balaban J connectivity index is 1.67. The number of sulfonamides is 1. The number of nitrogens with zero attached hydrogens (tertiary/aromatic N) is 2. The molecule has 8 heteroatoms. The average molecular weight is 317 g/mol. The molecule has 1 aliphatic heterocycles. The summed E-state index contributed by atoms with van der Waals surface area (Å²) in [5, 5.41) is 2.79. The van der Waals surface area contributed by atoms with Gasteiger partial charge in [-0.2, -0.15) is 4.31 Å². The highest BCUT2D eigenvalue weighted by molar-refractivity contribution is 7.88. The van der Waals surface area contributed by atoms with E-state index in [2.05, 4.69) is 5.32 Å². The van der Waals surface area contributed by atoms with Gasteiger partial charge < -0.3 is 10.2 Å². The minimum atomic E-state index is -3.17. The summed E-state index contributed by atoms with van der Waals surface area (Å²) in [4.78, 5) is 25.3. The highest BCUT2D eigenvalue weighted by atomic mass is 32.2. The first kappa shape index (κ1) is 16.2. The number of hydrogen-bond acceptors (Lipinski definition) is 4. The summed E-state index contributed by atoms with van der Waals surface area (Å²) in [7, 11) is -3.17. The number of nitrogens with one attached hydrogen (secondary N) is 1. The Morgan fingerprint density at radius 3 is 2.24 bits per heavy atom. The molecule has 0 aromatic rings. The molecule has 2 rings (SSSR count). The first-order valence-corrected chi connectivity index (χ1v) is 9.14. The molecule has 1 aliphatic carbocycles. The standard InChI is InChI=1S/C13H23N3O4S/c1-10-9-11(10)13(18)14-4-3-12(17)15-5-7-16(8-6-15)21(2,19)20/h10-11H,3-9H2,1-2H3,(H,14,18)/t10-,11+/m0/s1. The third-order valence-electron chi connectivity index (χ3n) is 4.14. The van der Waals surface area contributed by atoms with Gasteiger partial charge in [-0.05, 0) is 12.3 Å². The number of hydrogen-bond donors (Lipinski definition) is 1. The van der Waals surface area contributed by atoms with E-state index in [0.29, 0.717) is 38.6 Å². The fraction of sp³-hybridized carbons (Fsp3) is 0.846. The zero-order valence-electron chi connectivity index (χ0n) is 12.5. The van der Waals surface area contributed by atoms with E-state index in [0.717, 1.165) is 6.42 Å². The summed E-state index contributed by atoms with van der Waals surface area (Å²) in [6.45, 7) is 3.91. The Hall–Kier alpha value is -1.15. The minimum absolute atomic E-state index is 0.0349. The van der Waals surface area contributed by atoms with Crippen LogP contribution in [0.2, 0.25) is 0 Å². The molecule has 1 heterocycles. The zero-order chi connectivity index (χ0) is 15.6. The van der Waals surface area contributed by atoms with Crippen LogP contribution in [0, 0.1) is 11.8 Å². The molecule has 120 valence electrons. The molecule has 0 radical (unpaired) electrons. The molecule has 0 unspecified atom stereocenters. The van der Waals surface area contributed by atoms with Crippen LogP contribution in [0.5, 0.6) is 0 Å². The van der Waals surface area contributed by atoms with Crippen LogP contribution < -0.4 is 5.32 Å². The van der Waals surface area contributed by atoms with E-state index >= 15 is 0 Å². The Morgan fingerprint density at radius 2 is 1.76 bits per heavy atom. The van der Waals surface area contributed by atoms with Crippen molar-refractivity contribution in [3.63, 3.8) is 0 Å². The minimum Gasteiger partial charge on any atom is -0.355 e. The van der Waals surface area contributed by atoms with E-state index < -0.39 is 10.0 Å². The fourth-order valence-electron chi connectivity index (χ4n) is 2.54. The lowest BCUT2D eigenvalue weighted by Gasteiger charge is -2.33. The Kier molecular flexibility index (Phi) is 4.88. The van der Waals surface area contributed by atoms with Gasteiger partial charge in [-0.3, -0.25) is 9.59 Å². The van der Waals surface area contributed by atoms with Crippen LogP contribution in [-0.4, -0.2) is 68.4 Å². The third kappa shape index (κ3) is 4.41. The maximum absolute atomic E-state index is 12.0. The van der Waals surface area contributed by atoms with Crippen molar-refractivity contribution in [1.82, 2.24) is 14.5 Å². The molecule has 0 aromatic heterocycles. The van der Waals surface area contributed by atoms with Gasteiger partial charge in [-0.15, -0.1) is 0 Å². The molecule has 7 nitrogen and oxygen atoms in total. The highest BCUT2D eigenvalue weighted by Gasteiger charge is 2.38. The first-order chi connectivity index (χ1) is 9.79. The summed E-state index contributed by atoms with van der Waals surface area (Å²) in [5.74, 6) is 0.590. The molecule has 2 amide bonds. The van der Waals surface area contributed by atoms with Crippen LogP contribution in [0.25, 0.3) is 0 Å². The van der Waals surface area contributed by atoms with Crippen LogP contribution in [0.3, 0.4) is 0 Å². The van der Waals surface area contributed by atoms with E-state index in [1.54, 1.807) is 4.90 Å². The molecule has 0 bridgehead atoms. The quantitative estimate of drug-likeness (QED) is 0.723. The van der Waals surface area contributed by atoms with E-state index in [9.17, 15) is 18.0 Å². The third-order valence-corrected chi connectivity index (χ3v) is 5.45. The van der Waals surface area contributed by atoms with Crippen LogP contribution in [0.1, 0.15) is 19.8 Å². The van der Waals surface area contributed by atoms with Gasteiger partial charge in [0.2, 0.25) is 21.8 Å². The molecule has 2 atom stereocenters. The summed E-state index contributed by atoms with van der Waals surface area (Å²) in [6, 6.07) is 0. The second kappa shape index (κ2) is 6.31. The van der Waals surface area contributed by atoms with Crippen molar-refractivity contribution in [3.05, 3.63) is 0 Å². The van der Waals surface area contributed by atoms with E-state index in [1.807, 2.05) is 6.92 Å². The van der Waals surface area contributed by atoms with E-state index in [4.69, 9.17) is 0 Å². The van der Waals surface area contributed by atoms with Gasteiger partial charge in [-0.1, -0.05) is 6.92 Å². The van der Waals surface area contributed by atoms with Crippen LogP contribution in [0.4, 0.5) is 0 Å². The number of carbonyl (C=O) groups is 2. The Labute approximate surface area is 125 Å². The highest BCUT2D eigenvalue weighted by Crippen LogP contribution is 2.37. The average Bonchev–Trinajstić information content (AvgIpc) is 3.15. The largest absolute Gasteiger partial charge is 0.355 e. The predicted molar refractivity (Wildman–Crippen MR) is 77.9 cm³/mol. The maximum Gasteiger partial charge on any atom is 0.224 e. The van der Waals surface area contributed by atoms with Crippen molar-refractivity contribution in [2.45, 2.75) is 19.8 Å². The molecule has 0 spiro atoms. The smallest absolute Gasteiger partial charge is 0.224 e.